The summed E-state index contributed by atoms with van der Waals surface area (Å²) < 4.78 is 5.02. The van der Waals surface area contributed by atoms with Crippen molar-refractivity contribution in [2.24, 2.45) is 0 Å². The van der Waals surface area contributed by atoms with Crippen LogP contribution in [0.5, 0.6) is 0 Å². The molecule has 24 heavy (non-hydrogen) atoms. The first-order chi connectivity index (χ1) is 11.5. The van der Waals surface area contributed by atoms with Crippen LogP contribution < -0.4 is 5.32 Å². The highest BCUT2D eigenvalue weighted by Crippen LogP contribution is 2.16. The number of nitrogens with one attached hydrogen (secondary N) is 1. The summed E-state index contributed by atoms with van der Waals surface area (Å²) in [4.78, 5) is 36.9. The number of hydrogen-bond donors (Lipinski definition) is 1. The Labute approximate surface area is 144 Å². The zero-order chi connectivity index (χ0) is 17.5. The number of carbonyl (C=O) groups excluding carboxylic acids is 3. The summed E-state index contributed by atoms with van der Waals surface area (Å²) >= 11 is 1.65. The molecule has 6 heteroatoms. The molecule has 1 amide bonds. The molecular weight excluding hydrogens is 326 g/mol. The Balaban J connectivity index is 1.84. The average Bonchev–Trinajstić information content (AvgIpc) is 3.06. The van der Waals surface area contributed by atoms with Crippen molar-refractivity contribution in [3.63, 3.8) is 0 Å². The second-order valence-corrected chi connectivity index (χ2v) is 6.52. The van der Waals surface area contributed by atoms with Gasteiger partial charge in [0.15, 0.2) is 6.61 Å². The molecule has 0 saturated carbocycles. The fourth-order valence-corrected chi connectivity index (χ4v) is 2.98. The van der Waals surface area contributed by atoms with Crippen LogP contribution in [0.4, 0.5) is 0 Å². The van der Waals surface area contributed by atoms with Crippen molar-refractivity contribution in [1.29, 1.82) is 0 Å². The van der Waals surface area contributed by atoms with Gasteiger partial charge in [-0.1, -0.05) is 19.1 Å². The van der Waals surface area contributed by atoms with Crippen LogP contribution in [0.25, 0.3) is 0 Å². The largest absolute Gasteiger partial charge is 0.452 e. The molecule has 1 N–H and O–H groups in total. The van der Waals surface area contributed by atoms with Gasteiger partial charge in [-0.3, -0.25) is 9.59 Å². The van der Waals surface area contributed by atoms with Gasteiger partial charge in [0.05, 0.1) is 12.1 Å². The predicted molar refractivity (Wildman–Crippen MR) is 92.4 cm³/mol. The zero-order valence-corrected chi connectivity index (χ0v) is 14.4. The molecule has 0 spiro atoms. The van der Waals surface area contributed by atoms with E-state index in [2.05, 4.69) is 12.2 Å². The summed E-state index contributed by atoms with van der Waals surface area (Å²) in [5.41, 5.74) is 1.37. The summed E-state index contributed by atoms with van der Waals surface area (Å²) in [5.74, 6) is -0.977. The maximum atomic E-state index is 12.0. The molecule has 0 unspecified atom stereocenters. The number of amides is 1. The Kier molecular flexibility index (Phi) is 6.26. The molecule has 0 radical (unpaired) electrons. The minimum absolute atomic E-state index is 0.290. The van der Waals surface area contributed by atoms with Gasteiger partial charge in [-0.25, -0.2) is 4.79 Å². The second kappa shape index (κ2) is 8.40. The molecule has 0 aliphatic heterocycles. The van der Waals surface area contributed by atoms with E-state index in [0.29, 0.717) is 29.5 Å². The zero-order valence-electron chi connectivity index (χ0n) is 13.6. The topological polar surface area (TPSA) is 72.5 Å². The third-order valence-corrected chi connectivity index (χ3v) is 4.71. The molecule has 2 rings (SSSR count). The quantitative estimate of drug-likeness (QED) is 0.619. The van der Waals surface area contributed by atoms with E-state index in [-0.39, 0.29) is 12.5 Å². The van der Waals surface area contributed by atoms with Crippen LogP contribution in [0.2, 0.25) is 0 Å². The average molecular weight is 345 g/mol. The highest BCUT2D eigenvalue weighted by molar-refractivity contribution is 7.11. The second-order valence-electron chi connectivity index (χ2n) is 5.27. The molecule has 0 atom stereocenters. The lowest BCUT2D eigenvalue weighted by molar-refractivity contribution is -0.124. The van der Waals surface area contributed by atoms with E-state index in [1.807, 2.05) is 12.1 Å². The highest BCUT2D eigenvalue weighted by Gasteiger charge is 2.13. The Morgan fingerprint density at radius 1 is 1.21 bits per heavy atom. The van der Waals surface area contributed by atoms with Crippen molar-refractivity contribution in [2.45, 2.75) is 26.8 Å². The monoisotopic (exact) mass is 345 g/mol. The molecule has 5 nitrogen and oxygen atoms in total. The van der Waals surface area contributed by atoms with Crippen LogP contribution in [0.1, 0.15) is 43.0 Å². The van der Waals surface area contributed by atoms with Gasteiger partial charge in [-0.05, 0) is 37.1 Å². The highest BCUT2D eigenvalue weighted by atomic mass is 32.1. The van der Waals surface area contributed by atoms with Gasteiger partial charge in [0.25, 0.3) is 5.91 Å². The third-order valence-electron chi connectivity index (χ3n) is 3.48. The van der Waals surface area contributed by atoms with Gasteiger partial charge >= 0.3 is 5.97 Å². The molecule has 1 aromatic heterocycles. The van der Waals surface area contributed by atoms with Crippen molar-refractivity contribution in [3.8, 4) is 0 Å². The summed E-state index contributed by atoms with van der Waals surface area (Å²) in [6, 6.07) is 8.76. The van der Waals surface area contributed by atoms with Crippen LogP contribution in [0, 0.1) is 6.92 Å². The first kappa shape index (κ1) is 17.9. The summed E-state index contributed by atoms with van der Waals surface area (Å²) in [7, 11) is 0. The normalized spacial score (nSPS) is 10.2. The van der Waals surface area contributed by atoms with Crippen LogP contribution >= 0.6 is 11.3 Å². The van der Waals surface area contributed by atoms with E-state index < -0.39 is 5.97 Å². The Bertz CT molecular complexity index is 751. The number of ether oxygens (including phenoxy) is 1. The van der Waals surface area contributed by atoms with Crippen molar-refractivity contribution in [3.05, 3.63) is 56.8 Å². The molecule has 0 fully saturated rings. The van der Waals surface area contributed by atoms with Gasteiger partial charge in [0.1, 0.15) is 6.29 Å². The van der Waals surface area contributed by atoms with Gasteiger partial charge in [-0.15, -0.1) is 11.3 Å². The lowest BCUT2D eigenvalue weighted by Gasteiger charge is -2.08. The summed E-state index contributed by atoms with van der Waals surface area (Å²) in [5, 5.41) is 2.72. The molecule has 0 saturated heterocycles. The maximum Gasteiger partial charge on any atom is 0.338 e. The van der Waals surface area contributed by atoms with E-state index in [1.54, 1.807) is 30.4 Å². The van der Waals surface area contributed by atoms with E-state index >= 15 is 0 Å². The van der Waals surface area contributed by atoms with Crippen molar-refractivity contribution < 1.29 is 19.1 Å². The number of benzene rings is 1. The Morgan fingerprint density at radius 3 is 2.62 bits per heavy atom. The summed E-state index contributed by atoms with van der Waals surface area (Å²) in [6.45, 7) is 3.89. The Morgan fingerprint density at radius 2 is 1.96 bits per heavy atom. The van der Waals surface area contributed by atoms with Crippen molar-refractivity contribution in [2.75, 3.05) is 6.61 Å². The molecule has 0 bridgehead atoms. The predicted octanol–water partition coefficient (Wildman–Crippen LogP) is 2.90. The minimum atomic E-state index is -0.615. The van der Waals surface area contributed by atoms with Gasteiger partial charge in [-0.2, -0.15) is 0 Å². The molecular formula is C18H19NO4S. The number of carbonyl (C=O) groups is 3. The first-order valence-corrected chi connectivity index (χ1v) is 8.42. The number of aryl methyl sites for hydroxylation is 2. The van der Waals surface area contributed by atoms with E-state index in [9.17, 15) is 14.4 Å². The van der Waals surface area contributed by atoms with E-state index in [1.165, 1.54) is 10.9 Å². The number of hydrogen-bond acceptors (Lipinski definition) is 5. The molecule has 0 aliphatic rings. The van der Waals surface area contributed by atoms with Crippen LogP contribution in [0.15, 0.2) is 30.3 Å². The number of esters is 1. The molecule has 1 heterocycles. The number of thiophene rings is 1. The SMILES string of the molecule is CCc1ccc(CNC(=O)COC(=O)c2cc(C=O)ccc2C)s1. The summed E-state index contributed by atoms with van der Waals surface area (Å²) in [6.07, 6.45) is 1.63. The third kappa shape index (κ3) is 4.76. The smallest absolute Gasteiger partial charge is 0.338 e. The first-order valence-electron chi connectivity index (χ1n) is 7.60. The van der Waals surface area contributed by atoms with E-state index in [0.717, 1.165) is 11.3 Å². The molecule has 2 aromatic rings. The number of rotatable bonds is 7. The Hall–Kier alpha value is -2.47. The van der Waals surface area contributed by atoms with Crippen molar-refractivity contribution in [1.82, 2.24) is 5.32 Å². The van der Waals surface area contributed by atoms with Crippen LogP contribution in [-0.2, 0) is 22.5 Å². The van der Waals surface area contributed by atoms with Gasteiger partial charge < -0.3 is 10.1 Å². The lowest BCUT2D eigenvalue weighted by atomic mass is 10.1. The van der Waals surface area contributed by atoms with Crippen molar-refractivity contribution >= 4 is 29.5 Å². The fourth-order valence-electron chi connectivity index (χ4n) is 2.09. The fraction of sp³-hybridized carbons (Fsp3) is 0.278. The minimum Gasteiger partial charge on any atom is -0.452 e. The lowest BCUT2D eigenvalue weighted by Crippen LogP contribution is -2.28. The number of aldehydes is 1. The van der Waals surface area contributed by atoms with E-state index in [4.69, 9.17) is 4.74 Å². The molecule has 0 aliphatic carbocycles. The molecule has 126 valence electrons. The van der Waals surface area contributed by atoms with Gasteiger partial charge in [0, 0.05) is 15.3 Å². The maximum absolute atomic E-state index is 12.0. The molecule has 1 aromatic carbocycles. The standard InChI is InChI=1S/C18H19NO4S/c1-3-14-6-7-15(24-14)9-19-17(21)11-23-18(22)16-8-13(10-20)5-4-12(16)2/h4-8,10H,3,9,11H2,1-2H3,(H,19,21). The van der Waals surface area contributed by atoms with Gasteiger partial charge in [0.2, 0.25) is 0 Å². The van der Waals surface area contributed by atoms with Crippen LogP contribution in [-0.4, -0.2) is 24.8 Å². The van der Waals surface area contributed by atoms with Crippen LogP contribution in [0.3, 0.4) is 0 Å².